The molecule has 0 atom stereocenters. The molecule has 8 heteroatoms. The molecule has 0 aliphatic rings. The zero-order chi connectivity index (χ0) is 13.9. The summed E-state index contributed by atoms with van der Waals surface area (Å²) >= 11 is 0. The van der Waals surface area contributed by atoms with Crippen molar-refractivity contribution in [3.63, 3.8) is 0 Å². The van der Waals surface area contributed by atoms with Crippen molar-refractivity contribution in [2.45, 2.75) is 24.9 Å². The minimum atomic E-state index is -3.62. The highest BCUT2D eigenvalue weighted by molar-refractivity contribution is 7.89. The predicted octanol–water partition coefficient (Wildman–Crippen LogP) is 0.509. The second kappa shape index (κ2) is 5.55. The summed E-state index contributed by atoms with van der Waals surface area (Å²) in [5, 5.41) is 9.56. The molecule has 7 nitrogen and oxygen atoms in total. The van der Waals surface area contributed by atoms with Crippen molar-refractivity contribution in [1.29, 1.82) is 0 Å². The van der Waals surface area contributed by atoms with Crippen LogP contribution in [0.25, 0.3) is 0 Å². The highest BCUT2D eigenvalue weighted by atomic mass is 32.2. The molecule has 2 heterocycles. The van der Waals surface area contributed by atoms with E-state index in [9.17, 15) is 8.42 Å². The number of nitrogens with zero attached hydrogens (tertiary/aromatic N) is 1. The lowest BCUT2D eigenvalue weighted by Gasteiger charge is -2.06. The van der Waals surface area contributed by atoms with Gasteiger partial charge in [-0.2, -0.15) is 5.10 Å². The fraction of sp³-hybridized carbons (Fsp3) is 0.364. The van der Waals surface area contributed by atoms with E-state index in [2.05, 4.69) is 20.2 Å². The first-order valence-electron chi connectivity index (χ1n) is 5.75. The van der Waals surface area contributed by atoms with Crippen LogP contribution in [-0.4, -0.2) is 25.7 Å². The Morgan fingerprint density at radius 1 is 1.42 bits per heavy atom. The van der Waals surface area contributed by atoms with Gasteiger partial charge in [-0.25, -0.2) is 13.1 Å². The molecule has 0 unspecified atom stereocenters. The number of nitrogens with one attached hydrogen (secondary N) is 3. The molecule has 0 aromatic carbocycles. The molecule has 0 spiro atoms. The molecule has 2 aromatic rings. The lowest BCUT2D eigenvalue weighted by atomic mass is 10.4. The number of sulfonamides is 1. The fourth-order valence-corrected chi connectivity index (χ4v) is 3.12. The second-order valence-electron chi connectivity index (χ2n) is 4.06. The molecule has 3 N–H and O–H groups in total. The summed E-state index contributed by atoms with van der Waals surface area (Å²) in [6, 6.07) is 3.42. The van der Waals surface area contributed by atoms with E-state index in [1.54, 1.807) is 26.1 Å². The Labute approximate surface area is 111 Å². The third-order valence-corrected chi connectivity index (χ3v) is 4.19. The summed E-state index contributed by atoms with van der Waals surface area (Å²) in [6.45, 7) is 2.16. The van der Waals surface area contributed by atoms with Crippen LogP contribution in [0.15, 0.2) is 27.7 Å². The molecular weight excluding hydrogens is 268 g/mol. The lowest BCUT2D eigenvalue weighted by Crippen LogP contribution is -2.25. The van der Waals surface area contributed by atoms with Crippen molar-refractivity contribution >= 4 is 10.0 Å². The van der Waals surface area contributed by atoms with Crippen molar-refractivity contribution in [3.8, 4) is 0 Å². The molecule has 2 aromatic heterocycles. The van der Waals surface area contributed by atoms with E-state index in [-0.39, 0.29) is 11.4 Å². The van der Waals surface area contributed by atoms with Crippen LogP contribution in [0.2, 0.25) is 0 Å². The number of aryl methyl sites for hydroxylation is 1. The first kappa shape index (κ1) is 13.8. The van der Waals surface area contributed by atoms with E-state index in [4.69, 9.17) is 4.42 Å². The third-order valence-electron chi connectivity index (χ3n) is 2.59. The molecule has 0 bridgehead atoms. The maximum atomic E-state index is 12.3. The van der Waals surface area contributed by atoms with Gasteiger partial charge in [-0.3, -0.25) is 5.10 Å². The zero-order valence-corrected chi connectivity index (χ0v) is 11.5. The van der Waals surface area contributed by atoms with Crippen molar-refractivity contribution in [2.24, 2.45) is 0 Å². The Morgan fingerprint density at radius 3 is 2.84 bits per heavy atom. The SMILES string of the molecule is CNCc1n[nH]c(C)c1S(=O)(=O)NCc1ccco1. The average Bonchev–Trinajstić information content (AvgIpc) is 2.97. The van der Waals surface area contributed by atoms with E-state index in [0.29, 0.717) is 23.7 Å². The molecule has 0 aliphatic heterocycles. The standard InChI is InChI=1S/C11H16N4O3S/c1-8-11(10(7-12-2)15-14-8)19(16,17)13-6-9-4-3-5-18-9/h3-5,12-13H,6-7H2,1-2H3,(H,14,15). The fourth-order valence-electron chi connectivity index (χ4n) is 1.76. The van der Waals surface area contributed by atoms with E-state index in [0.717, 1.165) is 0 Å². The Balaban J connectivity index is 2.21. The quantitative estimate of drug-likeness (QED) is 0.717. The third kappa shape index (κ3) is 3.03. The van der Waals surface area contributed by atoms with E-state index < -0.39 is 10.0 Å². The molecule has 0 saturated heterocycles. The molecule has 0 saturated carbocycles. The Morgan fingerprint density at radius 2 is 2.21 bits per heavy atom. The number of rotatable bonds is 6. The molecule has 0 aliphatic carbocycles. The highest BCUT2D eigenvalue weighted by Crippen LogP contribution is 2.17. The number of hydrogen-bond donors (Lipinski definition) is 3. The van der Waals surface area contributed by atoms with Gasteiger partial charge in [-0.05, 0) is 26.1 Å². The van der Waals surface area contributed by atoms with Gasteiger partial charge in [0.1, 0.15) is 10.7 Å². The number of furan rings is 1. The van der Waals surface area contributed by atoms with Gasteiger partial charge >= 0.3 is 0 Å². The number of H-pyrrole nitrogens is 1. The summed E-state index contributed by atoms with van der Waals surface area (Å²) in [5.41, 5.74) is 0.976. The lowest BCUT2D eigenvalue weighted by molar-refractivity contribution is 0.498. The van der Waals surface area contributed by atoms with Crippen molar-refractivity contribution in [3.05, 3.63) is 35.5 Å². The summed E-state index contributed by atoms with van der Waals surface area (Å²) in [5.74, 6) is 0.555. The van der Waals surface area contributed by atoms with E-state index >= 15 is 0 Å². The van der Waals surface area contributed by atoms with Crippen LogP contribution < -0.4 is 10.0 Å². The Bertz CT molecular complexity index is 631. The Kier molecular flexibility index (Phi) is 4.03. The van der Waals surface area contributed by atoms with Crippen LogP contribution in [0.5, 0.6) is 0 Å². The minimum absolute atomic E-state index is 0.110. The monoisotopic (exact) mass is 284 g/mol. The highest BCUT2D eigenvalue weighted by Gasteiger charge is 2.23. The van der Waals surface area contributed by atoms with Crippen molar-refractivity contribution in [1.82, 2.24) is 20.2 Å². The van der Waals surface area contributed by atoms with Gasteiger partial charge in [-0.1, -0.05) is 0 Å². The summed E-state index contributed by atoms with van der Waals surface area (Å²) < 4.78 is 32.1. The van der Waals surface area contributed by atoms with Gasteiger partial charge in [0.15, 0.2) is 0 Å². The van der Waals surface area contributed by atoms with Crippen molar-refractivity contribution in [2.75, 3.05) is 7.05 Å². The minimum Gasteiger partial charge on any atom is -0.468 e. The number of aromatic amines is 1. The second-order valence-corrected chi connectivity index (χ2v) is 5.76. The van der Waals surface area contributed by atoms with Gasteiger partial charge in [0.25, 0.3) is 0 Å². The molecule has 104 valence electrons. The first-order chi connectivity index (χ1) is 9.04. The average molecular weight is 284 g/mol. The predicted molar refractivity (Wildman–Crippen MR) is 68.8 cm³/mol. The maximum Gasteiger partial charge on any atom is 0.244 e. The molecule has 0 radical (unpaired) electrons. The van der Waals surface area contributed by atoms with Crippen LogP contribution in [0.4, 0.5) is 0 Å². The smallest absolute Gasteiger partial charge is 0.244 e. The summed E-state index contributed by atoms with van der Waals surface area (Å²) in [7, 11) is -1.89. The van der Waals surface area contributed by atoms with E-state index in [1.165, 1.54) is 6.26 Å². The van der Waals surface area contributed by atoms with Crippen LogP contribution in [0.1, 0.15) is 17.1 Å². The van der Waals surface area contributed by atoms with Crippen LogP contribution in [0, 0.1) is 6.92 Å². The molecule has 0 amide bonds. The Hall–Kier alpha value is -1.64. The zero-order valence-electron chi connectivity index (χ0n) is 10.7. The number of hydrogen-bond acceptors (Lipinski definition) is 5. The van der Waals surface area contributed by atoms with Gasteiger partial charge in [0.05, 0.1) is 24.2 Å². The van der Waals surface area contributed by atoms with Gasteiger partial charge < -0.3 is 9.73 Å². The normalized spacial score (nSPS) is 11.9. The molecule has 0 fully saturated rings. The number of aromatic nitrogens is 2. The molecule has 2 rings (SSSR count). The first-order valence-corrected chi connectivity index (χ1v) is 7.23. The van der Waals surface area contributed by atoms with Gasteiger partial charge in [0.2, 0.25) is 10.0 Å². The van der Waals surface area contributed by atoms with Gasteiger partial charge in [0, 0.05) is 6.54 Å². The summed E-state index contributed by atoms with van der Waals surface area (Å²) in [6.07, 6.45) is 1.50. The van der Waals surface area contributed by atoms with Crippen LogP contribution in [0.3, 0.4) is 0 Å². The van der Waals surface area contributed by atoms with Gasteiger partial charge in [-0.15, -0.1) is 0 Å². The van der Waals surface area contributed by atoms with Crippen LogP contribution in [-0.2, 0) is 23.1 Å². The maximum absolute atomic E-state index is 12.3. The molecule has 19 heavy (non-hydrogen) atoms. The topological polar surface area (TPSA) is 100 Å². The molecular formula is C11H16N4O3S. The largest absolute Gasteiger partial charge is 0.468 e. The summed E-state index contributed by atoms with van der Waals surface area (Å²) in [4.78, 5) is 0.188. The van der Waals surface area contributed by atoms with Crippen molar-refractivity contribution < 1.29 is 12.8 Å². The van der Waals surface area contributed by atoms with E-state index in [1.807, 2.05) is 0 Å². The van der Waals surface area contributed by atoms with Crippen LogP contribution >= 0.6 is 0 Å².